The molecule has 1 aromatic carbocycles. The molecule has 1 aromatic rings. The summed E-state index contributed by atoms with van der Waals surface area (Å²) >= 11 is 0. The number of unbranched alkanes of at least 4 members (excludes halogenated alkanes) is 3. The van der Waals surface area contributed by atoms with Gasteiger partial charge >= 0.3 is 5.97 Å². The van der Waals surface area contributed by atoms with Gasteiger partial charge in [-0.25, -0.2) is 4.79 Å². The summed E-state index contributed by atoms with van der Waals surface area (Å²) < 4.78 is 0. The van der Waals surface area contributed by atoms with E-state index < -0.39 is 5.97 Å². The molecule has 1 fully saturated rings. The van der Waals surface area contributed by atoms with Gasteiger partial charge in [0.1, 0.15) is 6.10 Å². The minimum Gasteiger partial charge on any atom is -0.292 e. The van der Waals surface area contributed by atoms with Gasteiger partial charge in [0.25, 0.3) is 0 Å². The Kier molecular flexibility index (Phi) is 9.03. The topological polar surface area (TPSA) is 35.5 Å². The fraction of sp³-hybridized carbons (Fsp3) is 0.636. The monoisotopic (exact) mass is 345 g/mol. The van der Waals surface area contributed by atoms with E-state index >= 15 is 0 Å². The third-order valence-electron chi connectivity index (χ3n) is 5.12. The predicted molar refractivity (Wildman–Crippen MR) is 101 cm³/mol. The van der Waals surface area contributed by atoms with E-state index in [0.29, 0.717) is 5.56 Å². The Bertz CT molecular complexity index is 486. The molecule has 0 aromatic heterocycles. The van der Waals surface area contributed by atoms with Crippen molar-refractivity contribution >= 4 is 5.97 Å². The number of carbonyl (C=O) groups is 1. The molecule has 1 radical (unpaired) electrons. The number of benzene rings is 1. The molecule has 0 unspecified atom stereocenters. The molecule has 0 amide bonds. The highest BCUT2D eigenvalue weighted by Crippen LogP contribution is 2.33. The van der Waals surface area contributed by atoms with E-state index in [9.17, 15) is 4.79 Å². The van der Waals surface area contributed by atoms with Crippen molar-refractivity contribution in [3.8, 4) is 0 Å². The maximum Gasteiger partial charge on any atom is 0.373 e. The summed E-state index contributed by atoms with van der Waals surface area (Å²) in [7, 11) is 0. The van der Waals surface area contributed by atoms with Gasteiger partial charge in [-0.3, -0.25) is 4.89 Å². The Labute approximate surface area is 153 Å². The molecule has 0 spiro atoms. The van der Waals surface area contributed by atoms with E-state index in [2.05, 4.69) is 13.8 Å². The van der Waals surface area contributed by atoms with Gasteiger partial charge in [0, 0.05) is 0 Å². The molecule has 0 bridgehead atoms. The molecule has 0 N–H and O–H groups in total. The van der Waals surface area contributed by atoms with Gasteiger partial charge in [0.05, 0.1) is 5.56 Å². The maximum absolute atomic E-state index is 12.1. The average Bonchev–Trinajstić information content (AvgIpc) is 2.66. The van der Waals surface area contributed by atoms with Gasteiger partial charge < -0.3 is 0 Å². The van der Waals surface area contributed by atoms with Crippen LogP contribution in [0.25, 0.3) is 0 Å². The summed E-state index contributed by atoms with van der Waals surface area (Å²) in [6.45, 7) is 4.44. The Morgan fingerprint density at radius 3 is 2.32 bits per heavy atom. The summed E-state index contributed by atoms with van der Waals surface area (Å²) in [5, 5.41) is 0. The second kappa shape index (κ2) is 11.3. The van der Waals surface area contributed by atoms with Gasteiger partial charge in [-0.2, -0.15) is 4.89 Å². The quantitative estimate of drug-likeness (QED) is 0.279. The van der Waals surface area contributed by atoms with Crippen molar-refractivity contribution in [1.29, 1.82) is 0 Å². The van der Waals surface area contributed by atoms with Crippen LogP contribution in [0.1, 0.15) is 94.0 Å². The number of rotatable bonds is 10. The minimum absolute atomic E-state index is 0.402. The number of hydrogen-bond donors (Lipinski definition) is 0. The summed E-state index contributed by atoms with van der Waals surface area (Å²) in [6.07, 6.45) is 13.7. The number of carbonyl (C=O) groups excluding carboxylic acids is 1. The first-order valence-electron chi connectivity index (χ1n) is 10.1. The van der Waals surface area contributed by atoms with Gasteiger partial charge in [-0.05, 0) is 62.1 Å². The largest absolute Gasteiger partial charge is 0.373 e. The Balaban J connectivity index is 1.68. The summed E-state index contributed by atoms with van der Waals surface area (Å²) in [6, 6.07) is 7.69. The molecular weight excluding hydrogens is 312 g/mol. The molecule has 0 saturated heterocycles. The molecule has 25 heavy (non-hydrogen) atoms. The first-order chi connectivity index (χ1) is 12.2. The Hall–Kier alpha value is -1.35. The number of hydrogen-bond acceptors (Lipinski definition) is 3. The van der Waals surface area contributed by atoms with Gasteiger partial charge in [0.15, 0.2) is 0 Å². The maximum atomic E-state index is 12.1. The third-order valence-corrected chi connectivity index (χ3v) is 5.12. The highest BCUT2D eigenvalue weighted by molar-refractivity contribution is 5.88. The highest BCUT2D eigenvalue weighted by Gasteiger charge is 2.24. The lowest BCUT2D eigenvalue weighted by molar-refractivity contribution is -0.240. The van der Waals surface area contributed by atoms with Crippen molar-refractivity contribution in [3.63, 3.8) is 0 Å². The van der Waals surface area contributed by atoms with Crippen LogP contribution in [0.15, 0.2) is 24.3 Å². The van der Waals surface area contributed by atoms with Crippen molar-refractivity contribution in [1.82, 2.24) is 0 Å². The molecule has 0 heterocycles. The average molecular weight is 346 g/mol. The lowest BCUT2D eigenvalue weighted by Gasteiger charge is -2.26. The second-order valence-corrected chi connectivity index (χ2v) is 7.23. The molecule has 3 nitrogen and oxygen atoms in total. The van der Waals surface area contributed by atoms with Crippen LogP contribution in [0.4, 0.5) is 0 Å². The van der Waals surface area contributed by atoms with Crippen LogP contribution in [0.2, 0.25) is 0 Å². The van der Waals surface area contributed by atoms with Crippen LogP contribution in [-0.4, -0.2) is 5.97 Å². The Morgan fingerprint density at radius 2 is 1.68 bits per heavy atom. The van der Waals surface area contributed by atoms with Gasteiger partial charge in [-0.15, -0.1) is 0 Å². The molecular formula is C22H33O3. The first kappa shape index (κ1) is 20.0. The Morgan fingerprint density at radius 1 is 1.00 bits per heavy atom. The van der Waals surface area contributed by atoms with Crippen molar-refractivity contribution in [2.24, 2.45) is 5.92 Å². The van der Waals surface area contributed by atoms with Crippen LogP contribution >= 0.6 is 0 Å². The molecule has 1 saturated carbocycles. The minimum atomic E-state index is -0.402. The van der Waals surface area contributed by atoms with Crippen LogP contribution in [0, 0.1) is 12.0 Å². The van der Waals surface area contributed by atoms with Crippen LogP contribution in [0.5, 0.6) is 0 Å². The zero-order valence-corrected chi connectivity index (χ0v) is 15.9. The molecule has 2 rings (SSSR count). The molecule has 1 aliphatic rings. The van der Waals surface area contributed by atoms with E-state index in [-0.39, 0.29) is 0 Å². The van der Waals surface area contributed by atoms with Crippen LogP contribution < -0.4 is 0 Å². The van der Waals surface area contributed by atoms with E-state index in [0.717, 1.165) is 44.1 Å². The van der Waals surface area contributed by atoms with Crippen LogP contribution in [0.3, 0.4) is 0 Å². The molecule has 139 valence electrons. The van der Waals surface area contributed by atoms with Crippen molar-refractivity contribution in [3.05, 3.63) is 41.5 Å². The molecule has 1 aliphatic carbocycles. The smallest absolute Gasteiger partial charge is 0.292 e. The summed E-state index contributed by atoms with van der Waals surface area (Å²) in [5.74, 6) is 0.406. The molecule has 0 aliphatic heterocycles. The van der Waals surface area contributed by atoms with Crippen LogP contribution in [-0.2, 0) is 16.2 Å². The SMILES string of the molecule is CCCCCc1ccc(C(=O)OO[C]2CCC(CCCC)CC2)cc1. The fourth-order valence-electron chi connectivity index (χ4n) is 3.40. The molecule has 0 atom stereocenters. The highest BCUT2D eigenvalue weighted by atomic mass is 17.2. The van der Waals surface area contributed by atoms with Crippen molar-refractivity contribution in [2.45, 2.75) is 84.5 Å². The third kappa shape index (κ3) is 7.19. The zero-order chi connectivity index (χ0) is 17.9. The van der Waals surface area contributed by atoms with E-state index in [4.69, 9.17) is 9.78 Å². The summed E-state index contributed by atoms with van der Waals surface area (Å²) in [4.78, 5) is 22.5. The zero-order valence-electron chi connectivity index (χ0n) is 15.9. The number of aryl methyl sites for hydroxylation is 1. The first-order valence-corrected chi connectivity index (χ1v) is 10.1. The lowest BCUT2D eigenvalue weighted by Crippen LogP contribution is -2.17. The summed E-state index contributed by atoms with van der Waals surface area (Å²) in [5.41, 5.74) is 1.82. The van der Waals surface area contributed by atoms with Crippen molar-refractivity contribution in [2.75, 3.05) is 0 Å². The normalized spacial score (nSPS) is 16.1. The van der Waals surface area contributed by atoms with Gasteiger partial charge in [-0.1, -0.05) is 58.1 Å². The standard InChI is InChI=1S/C22H33O3/c1-3-5-7-9-19-10-14-20(15-11-19)22(23)25-24-21-16-12-18(13-17-21)8-6-4-2/h10-11,14-15,18H,3-9,12-13,16-17H2,1-2H3. The van der Waals surface area contributed by atoms with Gasteiger partial charge in [0.2, 0.25) is 0 Å². The second-order valence-electron chi connectivity index (χ2n) is 7.23. The molecule has 3 heteroatoms. The predicted octanol–water partition coefficient (Wildman–Crippen LogP) is 6.42. The fourth-order valence-corrected chi connectivity index (χ4v) is 3.40. The van der Waals surface area contributed by atoms with E-state index in [1.54, 1.807) is 0 Å². The lowest BCUT2D eigenvalue weighted by atomic mass is 9.84. The van der Waals surface area contributed by atoms with E-state index in [1.165, 1.54) is 44.1 Å². The van der Waals surface area contributed by atoms with Crippen molar-refractivity contribution < 1.29 is 14.6 Å². The van der Waals surface area contributed by atoms with E-state index in [1.807, 2.05) is 24.3 Å².